The molecule has 1 amide bonds. The van der Waals surface area contributed by atoms with Crippen LogP contribution in [0.2, 0.25) is 0 Å². The third kappa shape index (κ3) is 4.35. The van der Waals surface area contributed by atoms with Gasteiger partial charge in [-0.05, 0) is 31.4 Å². The fraction of sp³-hybridized carbons (Fsp3) is 0.562. The molecule has 0 spiro atoms. The minimum atomic E-state index is -0.0254. The molecule has 0 aliphatic rings. The number of amides is 1. The van der Waals surface area contributed by atoms with Crippen LogP contribution in [-0.2, 0) is 0 Å². The Morgan fingerprint density at radius 2 is 1.89 bits per heavy atom. The molecule has 0 aliphatic carbocycles. The van der Waals surface area contributed by atoms with E-state index in [4.69, 9.17) is 5.73 Å². The second-order valence-electron chi connectivity index (χ2n) is 5.27. The number of rotatable bonds is 6. The maximum absolute atomic E-state index is 12.2. The van der Waals surface area contributed by atoms with E-state index in [2.05, 4.69) is 19.2 Å². The Labute approximate surface area is 116 Å². The number of carbonyl (C=O) groups excluding carboxylic acids is 1. The van der Waals surface area contributed by atoms with Gasteiger partial charge < -0.3 is 11.1 Å². The van der Waals surface area contributed by atoms with Gasteiger partial charge in [-0.2, -0.15) is 0 Å². The smallest absolute Gasteiger partial charge is 0.251 e. The highest BCUT2D eigenvalue weighted by molar-refractivity contribution is 5.95. The van der Waals surface area contributed by atoms with E-state index in [9.17, 15) is 4.79 Å². The fourth-order valence-electron chi connectivity index (χ4n) is 2.35. The van der Waals surface area contributed by atoms with Gasteiger partial charge in [-0.1, -0.05) is 44.4 Å². The second kappa shape index (κ2) is 7.29. The molecule has 0 heterocycles. The number of hydrogen-bond donors (Lipinski definition) is 2. The zero-order chi connectivity index (χ0) is 14.4. The first kappa shape index (κ1) is 15.7. The van der Waals surface area contributed by atoms with Crippen LogP contribution in [0, 0.1) is 19.8 Å². The average molecular weight is 262 g/mol. The van der Waals surface area contributed by atoms with Gasteiger partial charge in [0.25, 0.3) is 5.91 Å². The molecule has 19 heavy (non-hydrogen) atoms. The Morgan fingerprint density at radius 1 is 1.26 bits per heavy atom. The van der Waals surface area contributed by atoms with Crippen molar-refractivity contribution in [1.82, 2.24) is 5.32 Å². The van der Waals surface area contributed by atoms with E-state index >= 15 is 0 Å². The summed E-state index contributed by atoms with van der Waals surface area (Å²) in [5.41, 5.74) is 8.96. The van der Waals surface area contributed by atoms with Crippen molar-refractivity contribution in [3.63, 3.8) is 0 Å². The minimum absolute atomic E-state index is 0.0254. The molecular formula is C16H26N2O. The summed E-state index contributed by atoms with van der Waals surface area (Å²) in [5.74, 6) is 0.446. The lowest BCUT2D eigenvalue weighted by Gasteiger charge is -2.21. The number of carbonyl (C=O) groups is 1. The number of benzene rings is 1. The topological polar surface area (TPSA) is 55.1 Å². The van der Waals surface area contributed by atoms with Crippen molar-refractivity contribution in [2.45, 2.75) is 46.6 Å². The van der Waals surface area contributed by atoms with Crippen LogP contribution in [0.4, 0.5) is 0 Å². The van der Waals surface area contributed by atoms with E-state index in [1.807, 2.05) is 32.0 Å². The number of hydrogen-bond acceptors (Lipinski definition) is 2. The normalized spacial score (nSPS) is 12.5. The van der Waals surface area contributed by atoms with Gasteiger partial charge in [-0.3, -0.25) is 4.79 Å². The number of nitrogens with two attached hydrogens (primary N) is 1. The molecule has 0 bridgehead atoms. The third-order valence-electron chi connectivity index (χ3n) is 3.79. The van der Waals surface area contributed by atoms with Crippen LogP contribution >= 0.6 is 0 Å². The Hall–Kier alpha value is -1.35. The zero-order valence-electron chi connectivity index (χ0n) is 12.5. The Balaban J connectivity index is 2.63. The first-order chi connectivity index (χ1) is 8.99. The molecule has 1 rings (SSSR count). The van der Waals surface area contributed by atoms with E-state index in [1.165, 1.54) is 0 Å². The van der Waals surface area contributed by atoms with E-state index in [0.717, 1.165) is 29.5 Å². The Bertz CT molecular complexity index is 425. The SMILES string of the molecule is CCC(CC)C(N)CNC(=O)c1cc(C)ccc1C. The van der Waals surface area contributed by atoms with Gasteiger partial charge in [-0.25, -0.2) is 0 Å². The third-order valence-corrected chi connectivity index (χ3v) is 3.79. The van der Waals surface area contributed by atoms with Gasteiger partial charge in [0.1, 0.15) is 0 Å². The first-order valence-electron chi connectivity index (χ1n) is 7.10. The van der Waals surface area contributed by atoms with Gasteiger partial charge in [0.15, 0.2) is 0 Å². The monoisotopic (exact) mass is 262 g/mol. The van der Waals surface area contributed by atoms with Crippen molar-refractivity contribution >= 4 is 5.91 Å². The zero-order valence-corrected chi connectivity index (χ0v) is 12.5. The number of nitrogens with one attached hydrogen (secondary N) is 1. The molecule has 3 heteroatoms. The number of aryl methyl sites for hydroxylation is 2. The maximum Gasteiger partial charge on any atom is 0.251 e. The minimum Gasteiger partial charge on any atom is -0.350 e. The van der Waals surface area contributed by atoms with Gasteiger partial charge in [0.2, 0.25) is 0 Å². The first-order valence-corrected chi connectivity index (χ1v) is 7.10. The van der Waals surface area contributed by atoms with Crippen molar-refractivity contribution in [2.24, 2.45) is 11.7 Å². The van der Waals surface area contributed by atoms with Crippen molar-refractivity contribution in [2.75, 3.05) is 6.54 Å². The lowest BCUT2D eigenvalue weighted by molar-refractivity contribution is 0.0947. The molecule has 1 aromatic carbocycles. The predicted octanol–water partition coefficient (Wildman–Crippen LogP) is 2.80. The molecule has 0 radical (unpaired) electrons. The Morgan fingerprint density at radius 3 is 2.47 bits per heavy atom. The summed E-state index contributed by atoms with van der Waals surface area (Å²) in [4.78, 5) is 12.2. The average Bonchev–Trinajstić information content (AvgIpc) is 2.40. The Kier molecular flexibility index (Phi) is 6.03. The highest BCUT2D eigenvalue weighted by Gasteiger charge is 2.16. The van der Waals surface area contributed by atoms with E-state index in [0.29, 0.717) is 12.5 Å². The molecule has 0 fully saturated rings. The summed E-state index contributed by atoms with van der Waals surface area (Å²) in [6, 6.07) is 5.95. The molecule has 1 aromatic rings. The van der Waals surface area contributed by atoms with Crippen molar-refractivity contribution in [1.29, 1.82) is 0 Å². The van der Waals surface area contributed by atoms with Gasteiger partial charge in [-0.15, -0.1) is 0 Å². The maximum atomic E-state index is 12.2. The van der Waals surface area contributed by atoms with Crippen LogP contribution in [0.5, 0.6) is 0 Å². The molecule has 0 saturated heterocycles. The van der Waals surface area contributed by atoms with Crippen molar-refractivity contribution in [3.05, 3.63) is 34.9 Å². The van der Waals surface area contributed by atoms with Crippen LogP contribution in [0.25, 0.3) is 0 Å². The van der Waals surface area contributed by atoms with E-state index < -0.39 is 0 Å². The van der Waals surface area contributed by atoms with E-state index in [1.54, 1.807) is 0 Å². The quantitative estimate of drug-likeness (QED) is 0.828. The van der Waals surface area contributed by atoms with Gasteiger partial charge in [0, 0.05) is 18.2 Å². The molecule has 1 unspecified atom stereocenters. The van der Waals surface area contributed by atoms with Gasteiger partial charge >= 0.3 is 0 Å². The standard InChI is InChI=1S/C16H26N2O/c1-5-13(6-2)15(17)10-18-16(19)14-9-11(3)7-8-12(14)4/h7-9,13,15H,5-6,10,17H2,1-4H3,(H,18,19). The predicted molar refractivity (Wildman–Crippen MR) is 80.3 cm³/mol. The van der Waals surface area contributed by atoms with Crippen LogP contribution in [0.1, 0.15) is 48.2 Å². The molecule has 0 saturated carbocycles. The van der Waals surface area contributed by atoms with Crippen LogP contribution in [-0.4, -0.2) is 18.5 Å². The fourth-order valence-corrected chi connectivity index (χ4v) is 2.35. The van der Waals surface area contributed by atoms with Crippen LogP contribution < -0.4 is 11.1 Å². The summed E-state index contributed by atoms with van der Waals surface area (Å²) < 4.78 is 0. The molecule has 106 valence electrons. The largest absolute Gasteiger partial charge is 0.350 e. The molecule has 3 nitrogen and oxygen atoms in total. The summed E-state index contributed by atoms with van der Waals surface area (Å²) in [6.45, 7) is 8.76. The molecule has 1 atom stereocenters. The lowest BCUT2D eigenvalue weighted by atomic mass is 9.95. The van der Waals surface area contributed by atoms with E-state index in [-0.39, 0.29) is 11.9 Å². The van der Waals surface area contributed by atoms with Gasteiger partial charge in [0.05, 0.1) is 0 Å². The molecule has 3 N–H and O–H groups in total. The second-order valence-corrected chi connectivity index (χ2v) is 5.27. The summed E-state index contributed by atoms with van der Waals surface area (Å²) in [7, 11) is 0. The summed E-state index contributed by atoms with van der Waals surface area (Å²) in [5, 5.41) is 2.95. The summed E-state index contributed by atoms with van der Waals surface area (Å²) >= 11 is 0. The summed E-state index contributed by atoms with van der Waals surface area (Å²) in [6.07, 6.45) is 2.11. The van der Waals surface area contributed by atoms with Crippen molar-refractivity contribution in [3.8, 4) is 0 Å². The lowest BCUT2D eigenvalue weighted by Crippen LogP contribution is -2.42. The molecule has 0 aliphatic heterocycles. The highest BCUT2D eigenvalue weighted by atomic mass is 16.1. The highest BCUT2D eigenvalue weighted by Crippen LogP contribution is 2.12. The molecule has 0 aromatic heterocycles. The molecular weight excluding hydrogens is 236 g/mol. The van der Waals surface area contributed by atoms with Crippen LogP contribution in [0.3, 0.4) is 0 Å². The van der Waals surface area contributed by atoms with Crippen molar-refractivity contribution < 1.29 is 4.79 Å². The van der Waals surface area contributed by atoms with Crippen LogP contribution in [0.15, 0.2) is 18.2 Å².